The Hall–Kier alpha value is -2.71. The van der Waals surface area contributed by atoms with Gasteiger partial charge in [-0.3, -0.25) is 4.79 Å². The van der Waals surface area contributed by atoms with Crippen LogP contribution in [0.2, 0.25) is 0 Å². The summed E-state index contributed by atoms with van der Waals surface area (Å²) in [7, 11) is 1.67. The monoisotopic (exact) mass is 429 g/mol. The van der Waals surface area contributed by atoms with Crippen LogP contribution >= 0.6 is 22.7 Å². The Morgan fingerprint density at radius 3 is 2.62 bits per heavy atom. The molecule has 0 unspecified atom stereocenters. The van der Waals surface area contributed by atoms with Gasteiger partial charge in [-0.1, -0.05) is 24.3 Å². The van der Waals surface area contributed by atoms with Crippen molar-refractivity contribution >= 4 is 40.4 Å². The number of benzene rings is 1. The number of amides is 2. The summed E-state index contributed by atoms with van der Waals surface area (Å²) in [5.74, 6) is -0.224. The van der Waals surface area contributed by atoms with E-state index in [1.165, 1.54) is 16.2 Å². The summed E-state index contributed by atoms with van der Waals surface area (Å²) in [6.07, 6.45) is 1.17. The molecule has 2 amide bonds. The molecule has 8 heteroatoms. The summed E-state index contributed by atoms with van der Waals surface area (Å²) in [4.78, 5) is 32.4. The SMILES string of the molecule is CN(Cc1ccccc1NC(=O)c1cnc(-c2cccs2)s1)C(=O)OC(C)(C)C. The molecule has 6 nitrogen and oxygen atoms in total. The zero-order chi connectivity index (χ0) is 21.0. The summed E-state index contributed by atoms with van der Waals surface area (Å²) in [5, 5.41) is 5.74. The van der Waals surface area contributed by atoms with Gasteiger partial charge in [0.15, 0.2) is 0 Å². The van der Waals surface area contributed by atoms with E-state index in [1.807, 2.05) is 62.5 Å². The molecule has 3 aromatic rings. The molecule has 0 radical (unpaired) electrons. The minimum absolute atomic E-state index is 0.224. The Morgan fingerprint density at radius 1 is 1.17 bits per heavy atom. The third-order valence-electron chi connectivity index (χ3n) is 3.84. The minimum Gasteiger partial charge on any atom is -0.444 e. The first-order chi connectivity index (χ1) is 13.7. The molecule has 0 aliphatic heterocycles. The second-order valence-electron chi connectivity index (χ2n) is 7.45. The zero-order valence-electron chi connectivity index (χ0n) is 16.8. The van der Waals surface area contributed by atoms with E-state index in [0.29, 0.717) is 17.1 Å². The van der Waals surface area contributed by atoms with Crippen molar-refractivity contribution in [2.24, 2.45) is 0 Å². The molecule has 0 bridgehead atoms. The van der Waals surface area contributed by atoms with Gasteiger partial charge in [-0.05, 0) is 43.8 Å². The number of aromatic nitrogens is 1. The summed E-state index contributed by atoms with van der Waals surface area (Å²) in [6, 6.07) is 11.3. The van der Waals surface area contributed by atoms with Crippen molar-refractivity contribution in [2.75, 3.05) is 12.4 Å². The number of carbonyl (C=O) groups excluding carboxylic acids is 2. The Kier molecular flexibility index (Phi) is 6.34. The molecule has 0 spiro atoms. The molecule has 0 saturated carbocycles. The van der Waals surface area contributed by atoms with Crippen LogP contribution in [-0.4, -0.2) is 34.5 Å². The second kappa shape index (κ2) is 8.75. The van der Waals surface area contributed by atoms with Crippen LogP contribution in [-0.2, 0) is 11.3 Å². The standard InChI is InChI=1S/C21H23N3O3S2/c1-21(2,3)27-20(26)24(4)13-14-8-5-6-9-15(14)23-18(25)17-12-22-19(29-17)16-10-7-11-28-16/h5-12H,13H2,1-4H3,(H,23,25). The Balaban J connectivity index is 1.70. The van der Waals surface area contributed by atoms with Crippen molar-refractivity contribution in [3.63, 3.8) is 0 Å². The molecule has 29 heavy (non-hydrogen) atoms. The molecule has 0 saturated heterocycles. The Morgan fingerprint density at radius 2 is 1.93 bits per heavy atom. The maximum Gasteiger partial charge on any atom is 0.410 e. The van der Waals surface area contributed by atoms with E-state index < -0.39 is 11.7 Å². The number of thiophene rings is 1. The van der Waals surface area contributed by atoms with E-state index in [0.717, 1.165) is 15.4 Å². The van der Waals surface area contributed by atoms with Crippen molar-refractivity contribution in [3.05, 3.63) is 58.4 Å². The summed E-state index contributed by atoms with van der Waals surface area (Å²) in [6.45, 7) is 5.79. The van der Waals surface area contributed by atoms with Gasteiger partial charge in [0.2, 0.25) is 0 Å². The van der Waals surface area contributed by atoms with Crippen LogP contribution in [0, 0.1) is 0 Å². The first-order valence-electron chi connectivity index (χ1n) is 9.06. The van der Waals surface area contributed by atoms with Gasteiger partial charge in [0.05, 0.1) is 17.6 Å². The van der Waals surface area contributed by atoms with Crippen molar-refractivity contribution in [2.45, 2.75) is 32.9 Å². The maximum absolute atomic E-state index is 12.7. The predicted octanol–water partition coefficient (Wildman–Crippen LogP) is 5.49. The van der Waals surface area contributed by atoms with E-state index >= 15 is 0 Å². The van der Waals surface area contributed by atoms with Gasteiger partial charge in [0, 0.05) is 12.7 Å². The number of nitrogens with zero attached hydrogens (tertiary/aromatic N) is 2. The highest BCUT2D eigenvalue weighted by Gasteiger charge is 2.21. The van der Waals surface area contributed by atoms with Crippen LogP contribution in [0.5, 0.6) is 0 Å². The van der Waals surface area contributed by atoms with Crippen LogP contribution < -0.4 is 5.32 Å². The average molecular weight is 430 g/mol. The summed E-state index contributed by atoms with van der Waals surface area (Å²) in [5.41, 5.74) is 0.905. The lowest BCUT2D eigenvalue weighted by Crippen LogP contribution is -2.34. The number of hydrogen-bond acceptors (Lipinski definition) is 6. The minimum atomic E-state index is -0.564. The lowest BCUT2D eigenvalue weighted by Gasteiger charge is -2.25. The van der Waals surface area contributed by atoms with E-state index in [-0.39, 0.29) is 5.91 Å². The Bertz CT molecular complexity index is 991. The lowest BCUT2D eigenvalue weighted by atomic mass is 10.1. The average Bonchev–Trinajstić information content (AvgIpc) is 3.33. The number of nitrogens with one attached hydrogen (secondary N) is 1. The molecule has 2 heterocycles. The molecule has 3 rings (SSSR count). The number of carbonyl (C=O) groups is 2. The molecule has 2 aromatic heterocycles. The first kappa shape index (κ1) is 21.0. The molecular weight excluding hydrogens is 406 g/mol. The number of ether oxygens (including phenoxy) is 1. The van der Waals surface area contributed by atoms with Crippen LogP contribution in [0.4, 0.5) is 10.5 Å². The van der Waals surface area contributed by atoms with Gasteiger partial charge < -0.3 is 15.0 Å². The molecule has 1 aromatic carbocycles. The fourth-order valence-electron chi connectivity index (χ4n) is 2.52. The third-order valence-corrected chi connectivity index (χ3v) is 5.87. The number of anilines is 1. The van der Waals surface area contributed by atoms with Crippen LogP contribution in [0.15, 0.2) is 48.0 Å². The lowest BCUT2D eigenvalue weighted by molar-refractivity contribution is 0.0285. The van der Waals surface area contributed by atoms with E-state index in [1.54, 1.807) is 24.6 Å². The zero-order valence-corrected chi connectivity index (χ0v) is 18.4. The van der Waals surface area contributed by atoms with Gasteiger partial charge in [-0.25, -0.2) is 9.78 Å². The molecule has 0 aliphatic carbocycles. The van der Waals surface area contributed by atoms with Crippen LogP contribution in [0.3, 0.4) is 0 Å². The predicted molar refractivity (Wildman–Crippen MR) is 118 cm³/mol. The molecule has 0 atom stereocenters. The van der Waals surface area contributed by atoms with Crippen LogP contribution in [0.25, 0.3) is 9.88 Å². The highest BCUT2D eigenvalue weighted by molar-refractivity contribution is 7.22. The normalized spacial score (nSPS) is 11.2. The number of para-hydroxylation sites is 1. The van der Waals surface area contributed by atoms with E-state index in [4.69, 9.17) is 4.74 Å². The van der Waals surface area contributed by atoms with Crippen molar-refractivity contribution in [1.82, 2.24) is 9.88 Å². The number of thiazole rings is 1. The Labute approximate surface area is 178 Å². The van der Waals surface area contributed by atoms with E-state index in [2.05, 4.69) is 10.3 Å². The van der Waals surface area contributed by atoms with Gasteiger partial charge >= 0.3 is 6.09 Å². The van der Waals surface area contributed by atoms with Gasteiger partial charge in [-0.2, -0.15) is 0 Å². The second-order valence-corrected chi connectivity index (χ2v) is 9.43. The van der Waals surface area contributed by atoms with E-state index in [9.17, 15) is 9.59 Å². The topological polar surface area (TPSA) is 71.5 Å². The van der Waals surface area contributed by atoms with Gasteiger partial charge in [0.25, 0.3) is 5.91 Å². The molecule has 0 aliphatic rings. The van der Waals surface area contributed by atoms with Gasteiger partial charge in [-0.15, -0.1) is 22.7 Å². The first-order valence-corrected chi connectivity index (χ1v) is 10.8. The maximum atomic E-state index is 12.7. The largest absolute Gasteiger partial charge is 0.444 e. The molecule has 1 N–H and O–H groups in total. The number of hydrogen-bond donors (Lipinski definition) is 1. The summed E-state index contributed by atoms with van der Waals surface area (Å²) < 4.78 is 5.39. The van der Waals surface area contributed by atoms with Crippen molar-refractivity contribution < 1.29 is 14.3 Å². The van der Waals surface area contributed by atoms with Crippen molar-refractivity contribution in [3.8, 4) is 9.88 Å². The highest BCUT2D eigenvalue weighted by atomic mass is 32.1. The highest BCUT2D eigenvalue weighted by Crippen LogP contribution is 2.29. The fraction of sp³-hybridized carbons (Fsp3) is 0.286. The smallest absolute Gasteiger partial charge is 0.410 e. The molecule has 0 fully saturated rings. The molecular formula is C21H23N3O3S2. The summed E-state index contributed by atoms with van der Waals surface area (Å²) >= 11 is 2.94. The number of rotatable bonds is 5. The fourth-order valence-corrected chi connectivity index (χ4v) is 4.13. The van der Waals surface area contributed by atoms with Crippen molar-refractivity contribution in [1.29, 1.82) is 0 Å². The van der Waals surface area contributed by atoms with Gasteiger partial charge in [0.1, 0.15) is 15.5 Å². The quantitative estimate of drug-likeness (QED) is 0.582. The third kappa shape index (κ3) is 5.65. The molecule has 152 valence electrons. The van der Waals surface area contributed by atoms with Crippen LogP contribution in [0.1, 0.15) is 36.0 Å².